The van der Waals surface area contributed by atoms with Crippen molar-refractivity contribution >= 4 is 56.5 Å². The van der Waals surface area contributed by atoms with Crippen LogP contribution < -0.4 is 4.87 Å². The number of aliphatic imine (C=N–C) groups is 1. The van der Waals surface area contributed by atoms with Crippen LogP contribution in [0.4, 0.5) is 11.4 Å². The van der Waals surface area contributed by atoms with Crippen molar-refractivity contribution in [3.8, 4) is 5.88 Å². The number of nitro benzene ring substituents is 1. The highest BCUT2D eigenvalue weighted by molar-refractivity contribution is 9.10. The van der Waals surface area contributed by atoms with Gasteiger partial charge in [-0.3, -0.25) is 24.5 Å². The second kappa shape index (κ2) is 7.17. The number of halogens is 1. The first kappa shape index (κ1) is 18.3. The molecule has 1 aliphatic rings. The average Bonchev–Trinajstić information content (AvgIpc) is 3.18. The van der Waals surface area contributed by atoms with Gasteiger partial charge in [-0.05, 0) is 24.3 Å². The smallest absolute Gasteiger partial charge is 0.310 e. The van der Waals surface area contributed by atoms with E-state index in [-0.39, 0.29) is 18.1 Å². The number of fused-ring (bicyclic) bond motifs is 1. The Hall–Kier alpha value is -3.04. The minimum absolute atomic E-state index is 0.0856. The quantitative estimate of drug-likeness (QED) is 0.457. The summed E-state index contributed by atoms with van der Waals surface area (Å²) in [7, 11) is 0. The van der Waals surface area contributed by atoms with Crippen molar-refractivity contribution in [3.05, 3.63) is 82.7 Å². The van der Waals surface area contributed by atoms with Crippen molar-refractivity contribution in [2.75, 3.05) is 0 Å². The molecule has 0 aliphatic carbocycles. The van der Waals surface area contributed by atoms with Crippen molar-refractivity contribution in [2.45, 2.75) is 6.54 Å². The maximum absolute atomic E-state index is 12.4. The van der Waals surface area contributed by atoms with Crippen molar-refractivity contribution in [2.24, 2.45) is 4.99 Å². The standard InChI is InChI=1S/C19H12BrN3O4S/c20-13-5-6-15-14(8-13)12(9-21-15)7-17-18(24)22(19(25)28-17)10-11-3-1-2-4-16(11)23(26)27/h1-9,24H,10H2/b12-7-. The largest absolute Gasteiger partial charge is 0.493 e. The molecule has 1 aromatic heterocycles. The first-order valence-electron chi connectivity index (χ1n) is 8.14. The second-order valence-corrected chi connectivity index (χ2v) is 7.96. The van der Waals surface area contributed by atoms with Gasteiger partial charge in [0.2, 0.25) is 5.88 Å². The Balaban J connectivity index is 1.73. The van der Waals surface area contributed by atoms with Crippen LogP contribution in [0.5, 0.6) is 5.88 Å². The van der Waals surface area contributed by atoms with E-state index < -0.39 is 9.80 Å². The van der Waals surface area contributed by atoms with Crippen LogP contribution >= 0.6 is 27.3 Å². The molecule has 7 nitrogen and oxygen atoms in total. The van der Waals surface area contributed by atoms with Crippen LogP contribution in [-0.2, 0) is 6.54 Å². The number of aromatic nitrogens is 1. The van der Waals surface area contributed by atoms with Gasteiger partial charge in [0.1, 0.15) is 0 Å². The van der Waals surface area contributed by atoms with Gasteiger partial charge in [-0.1, -0.05) is 45.5 Å². The molecule has 0 saturated carbocycles. The zero-order valence-corrected chi connectivity index (χ0v) is 16.6. The molecule has 0 radical (unpaired) electrons. The number of nitro groups is 1. The number of hydrogen-bond acceptors (Lipinski definition) is 6. The lowest BCUT2D eigenvalue weighted by molar-refractivity contribution is -0.385. The van der Waals surface area contributed by atoms with Crippen molar-refractivity contribution in [3.63, 3.8) is 0 Å². The van der Waals surface area contributed by atoms with Crippen LogP contribution in [0.1, 0.15) is 16.0 Å². The lowest BCUT2D eigenvalue weighted by Gasteiger charge is -2.05. The van der Waals surface area contributed by atoms with E-state index >= 15 is 0 Å². The molecule has 0 atom stereocenters. The summed E-state index contributed by atoms with van der Waals surface area (Å²) in [6, 6.07) is 11.8. The fourth-order valence-corrected chi connectivity index (χ4v) is 4.16. The van der Waals surface area contributed by atoms with Crippen molar-refractivity contribution in [1.82, 2.24) is 4.57 Å². The first-order chi connectivity index (χ1) is 13.4. The minimum atomic E-state index is -0.504. The van der Waals surface area contributed by atoms with Gasteiger partial charge in [0.15, 0.2) is 0 Å². The second-order valence-electron chi connectivity index (χ2n) is 6.05. The molecular weight excluding hydrogens is 446 g/mol. The van der Waals surface area contributed by atoms with Crippen LogP contribution in [0.15, 0.2) is 56.7 Å². The average molecular weight is 458 g/mol. The Kier molecular flexibility index (Phi) is 4.70. The molecule has 0 spiro atoms. The minimum Gasteiger partial charge on any atom is -0.493 e. The monoisotopic (exact) mass is 457 g/mol. The normalized spacial score (nSPS) is 13.8. The van der Waals surface area contributed by atoms with Crippen molar-refractivity contribution in [1.29, 1.82) is 0 Å². The van der Waals surface area contributed by atoms with Gasteiger partial charge >= 0.3 is 4.87 Å². The Morgan fingerprint density at radius 3 is 2.86 bits per heavy atom. The van der Waals surface area contributed by atoms with Gasteiger partial charge in [0.25, 0.3) is 5.69 Å². The maximum atomic E-state index is 12.4. The van der Waals surface area contributed by atoms with Gasteiger partial charge in [-0.2, -0.15) is 0 Å². The highest BCUT2D eigenvalue weighted by Gasteiger charge is 2.19. The lowest BCUT2D eigenvalue weighted by atomic mass is 10.1. The van der Waals surface area contributed by atoms with E-state index in [0.717, 1.165) is 37.2 Å². The van der Waals surface area contributed by atoms with Crippen LogP contribution in [0.25, 0.3) is 11.6 Å². The zero-order chi connectivity index (χ0) is 19.8. The third-order valence-electron chi connectivity index (χ3n) is 4.31. The molecule has 0 bridgehead atoms. The summed E-state index contributed by atoms with van der Waals surface area (Å²) in [5.41, 5.74) is 2.71. The number of allylic oxidation sites excluding steroid dienone is 1. The zero-order valence-electron chi connectivity index (χ0n) is 14.2. The summed E-state index contributed by atoms with van der Waals surface area (Å²) in [6.45, 7) is -0.0856. The van der Waals surface area contributed by atoms with Crippen LogP contribution in [-0.4, -0.2) is 20.8 Å². The first-order valence-corrected chi connectivity index (χ1v) is 9.75. The fraction of sp³-hybridized carbons (Fsp3) is 0.0526. The molecule has 4 rings (SSSR count). The third kappa shape index (κ3) is 3.30. The Bertz CT molecular complexity index is 1230. The van der Waals surface area contributed by atoms with E-state index in [1.165, 1.54) is 6.07 Å². The Morgan fingerprint density at radius 1 is 1.29 bits per heavy atom. The summed E-state index contributed by atoms with van der Waals surface area (Å²) in [6.07, 6.45) is 3.37. The number of thiazole rings is 1. The summed E-state index contributed by atoms with van der Waals surface area (Å²) in [5.74, 6) is -0.225. The molecule has 0 unspecified atom stereocenters. The number of para-hydroxylation sites is 1. The predicted octanol–water partition coefficient (Wildman–Crippen LogP) is 4.59. The summed E-state index contributed by atoms with van der Waals surface area (Å²) in [5, 5.41) is 21.8. The number of aromatic hydroxyl groups is 1. The molecule has 9 heteroatoms. The van der Waals surface area contributed by atoms with E-state index in [1.54, 1.807) is 30.5 Å². The molecule has 2 heterocycles. The van der Waals surface area contributed by atoms with Gasteiger partial charge in [-0.15, -0.1) is 0 Å². The highest BCUT2D eigenvalue weighted by Crippen LogP contribution is 2.36. The fourth-order valence-electron chi connectivity index (χ4n) is 2.96. The van der Waals surface area contributed by atoms with Crippen molar-refractivity contribution < 1.29 is 10.0 Å². The summed E-state index contributed by atoms with van der Waals surface area (Å²) >= 11 is 4.30. The molecule has 0 amide bonds. The molecule has 28 heavy (non-hydrogen) atoms. The Labute approximate surface area is 171 Å². The molecule has 0 saturated heterocycles. The molecule has 0 fully saturated rings. The van der Waals surface area contributed by atoms with Crippen LogP contribution in [0.2, 0.25) is 0 Å². The third-order valence-corrected chi connectivity index (χ3v) is 5.72. The topological polar surface area (TPSA) is 97.7 Å². The summed E-state index contributed by atoms with van der Waals surface area (Å²) in [4.78, 5) is 27.4. The number of benzene rings is 2. The number of nitrogens with zero attached hydrogens (tertiary/aromatic N) is 3. The molecule has 1 aliphatic heterocycles. The van der Waals surface area contributed by atoms with Crippen LogP contribution in [0.3, 0.4) is 0 Å². The predicted molar refractivity (Wildman–Crippen MR) is 113 cm³/mol. The summed E-state index contributed by atoms with van der Waals surface area (Å²) < 4.78 is 2.03. The van der Waals surface area contributed by atoms with Gasteiger partial charge in [0, 0.05) is 33.5 Å². The number of hydrogen-bond donors (Lipinski definition) is 1. The number of rotatable bonds is 4. The van der Waals surface area contributed by atoms with E-state index in [1.807, 2.05) is 18.2 Å². The molecule has 2 aromatic carbocycles. The van der Waals surface area contributed by atoms with Gasteiger partial charge in [-0.25, -0.2) is 0 Å². The molecule has 3 aromatic rings. The van der Waals surface area contributed by atoms with Crippen LogP contribution in [0, 0.1) is 10.1 Å². The van der Waals surface area contributed by atoms with Gasteiger partial charge in [0.05, 0.1) is 22.0 Å². The molecule has 140 valence electrons. The molecule has 1 N–H and O–H groups in total. The van der Waals surface area contributed by atoms with E-state index in [9.17, 15) is 20.0 Å². The lowest BCUT2D eigenvalue weighted by Crippen LogP contribution is -2.14. The van der Waals surface area contributed by atoms with E-state index in [0.29, 0.717) is 10.4 Å². The maximum Gasteiger partial charge on any atom is 0.310 e. The Morgan fingerprint density at radius 2 is 2.07 bits per heavy atom. The van der Waals surface area contributed by atoms with E-state index in [2.05, 4.69) is 20.9 Å². The SMILES string of the molecule is O=c1sc(/C=C2/C=Nc3ccc(Br)cc32)c(O)n1Cc1ccccc1[N+](=O)[O-]. The van der Waals surface area contributed by atoms with E-state index in [4.69, 9.17) is 0 Å². The highest BCUT2D eigenvalue weighted by atomic mass is 79.9. The molecular formula is C19H12BrN3O4S. The van der Waals surface area contributed by atoms with Gasteiger partial charge < -0.3 is 5.11 Å².